The van der Waals surface area contributed by atoms with Gasteiger partial charge in [-0.25, -0.2) is 0 Å². The van der Waals surface area contributed by atoms with Crippen LogP contribution in [0.4, 0.5) is 5.69 Å². The molecule has 154 valence electrons. The van der Waals surface area contributed by atoms with Gasteiger partial charge >= 0.3 is 0 Å². The minimum absolute atomic E-state index is 0.0215. The SMILES string of the molecule is COc1cccc(NC(=O)CN(C)C(=O)CC(c2ccccc2)c2ccccc2)c1. The van der Waals surface area contributed by atoms with Crippen molar-refractivity contribution in [3.05, 3.63) is 96.1 Å². The number of likely N-dealkylation sites (N-methyl/N-ethyl adjacent to an activating group) is 1. The summed E-state index contributed by atoms with van der Waals surface area (Å²) in [7, 11) is 3.23. The van der Waals surface area contributed by atoms with Crippen LogP contribution in [0.3, 0.4) is 0 Å². The quantitative estimate of drug-likeness (QED) is 0.611. The van der Waals surface area contributed by atoms with Gasteiger partial charge in [0.05, 0.1) is 13.7 Å². The molecule has 0 fully saturated rings. The number of carbonyl (C=O) groups excluding carboxylic acids is 2. The Morgan fingerprint density at radius 1 is 0.900 bits per heavy atom. The molecule has 3 aromatic rings. The van der Waals surface area contributed by atoms with Crippen molar-refractivity contribution in [2.24, 2.45) is 0 Å². The van der Waals surface area contributed by atoms with Crippen LogP contribution in [0.5, 0.6) is 5.75 Å². The van der Waals surface area contributed by atoms with E-state index in [0.29, 0.717) is 11.4 Å². The summed E-state index contributed by atoms with van der Waals surface area (Å²) in [5.41, 5.74) is 2.78. The van der Waals surface area contributed by atoms with Crippen molar-refractivity contribution in [2.45, 2.75) is 12.3 Å². The molecule has 0 heterocycles. The average Bonchev–Trinajstić information content (AvgIpc) is 2.78. The summed E-state index contributed by atoms with van der Waals surface area (Å²) >= 11 is 0. The molecular weight excluding hydrogens is 376 g/mol. The van der Waals surface area contributed by atoms with Crippen LogP contribution in [0.25, 0.3) is 0 Å². The lowest BCUT2D eigenvalue weighted by Crippen LogP contribution is -2.35. The fraction of sp³-hybridized carbons (Fsp3) is 0.200. The summed E-state index contributed by atoms with van der Waals surface area (Å²) in [6.45, 7) is -0.0215. The highest BCUT2D eigenvalue weighted by Crippen LogP contribution is 2.28. The summed E-state index contributed by atoms with van der Waals surface area (Å²) in [6, 6.07) is 27.0. The molecule has 0 saturated heterocycles. The molecule has 30 heavy (non-hydrogen) atoms. The Hall–Kier alpha value is -3.60. The van der Waals surface area contributed by atoms with Crippen LogP contribution in [0.15, 0.2) is 84.9 Å². The largest absolute Gasteiger partial charge is 0.497 e. The van der Waals surface area contributed by atoms with Gasteiger partial charge in [-0.3, -0.25) is 9.59 Å². The van der Waals surface area contributed by atoms with Crippen LogP contribution in [-0.4, -0.2) is 37.4 Å². The van der Waals surface area contributed by atoms with E-state index in [1.54, 1.807) is 38.4 Å². The van der Waals surface area contributed by atoms with E-state index in [4.69, 9.17) is 4.74 Å². The maximum absolute atomic E-state index is 12.9. The molecule has 2 amide bonds. The summed E-state index contributed by atoms with van der Waals surface area (Å²) in [5, 5.41) is 2.81. The molecular formula is C25H26N2O3. The molecule has 5 nitrogen and oxygen atoms in total. The van der Waals surface area contributed by atoms with Gasteiger partial charge in [-0.1, -0.05) is 66.7 Å². The fourth-order valence-corrected chi connectivity index (χ4v) is 3.33. The molecule has 0 atom stereocenters. The van der Waals surface area contributed by atoms with E-state index < -0.39 is 0 Å². The van der Waals surface area contributed by atoms with Gasteiger partial charge in [0.15, 0.2) is 0 Å². The molecule has 0 radical (unpaired) electrons. The number of anilines is 1. The Labute approximate surface area is 177 Å². The number of methoxy groups -OCH3 is 1. The number of hydrogen-bond acceptors (Lipinski definition) is 3. The zero-order chi connectivity index (χ0) is 21.3. The summed E-state index contributed by atoms with van der Waals surface area (Å²) < 4.78 is 5.17. The number of hydrogen-bond donors (Lipinski definition) is 1. The van der Waals surface area contributed by atoms with Gasteiger partial charge in [-0.05, 0) is 23.3 Å². The molecule has 0 unspecified atom stereocenters. The monoisotopic (exact) mass is 402 g/mol. The zero-order valence-electron chi connectivity index (χ0n) is 17.2. The third-order valence-electron chi connectivity index (χ3n) is 4.94. The van der Waals surface area contributed by atoms with Crippen molar-refractivity contribution in [1.82, 2.24) is 4.90 Å². The van der Waals surface area contributed by atoms with Gasteiger partial charge in [0.2, 0.25) is 11.8 Å². The lowest BCUT2D eigenvalue weighted by molar-refractivity contribution is -0.133. The lowest BCUT2D eigenvalue weighted by Gasteiger charge is -2.22. The van der Waals surface area contributed by atoms with Crippen LogP contribution in [0, 0.1) is 0 Å². The predicted molar refractivity (Wildman–Crippen MR) is 119 cm³/mol. The Kier molecular flexibility index (Phi) is 7.22. The standard InChI is InChI=1S/C25H26N2O3/c1-27(18-24(28)26-21-14-9-15-22(16-21)30-2)25(29)17-23(19-10-5-3-6-11-19)20-12-7-4-8-13-20/h3-16,23H,17-18H2,1-2H3,(H,26,28). The maximum atomic E-state index is 12.9. The molecule has 0 bridgehead atoms. The minimum Gasteiger partial charge on any atom is -0.497 e. The highest BCUT2D eigenvalue weighted by Gasteiger charge is 2.21. The maximum Gasteiger partial charge on any atom is 0.243 e. The third kappa shape index (κ3) is 5.70. The molecule has 5 heteroatoms. The van der Waals surface area contributed by atoms with E-state index in [0.717, 1.165) is 11.1 Å². The van der Waals surface area contributed by atoms with E-state index in [2.05, 4.69) is 5.32 Å². The van der Waals surface area contributed by atoms with E-state index in [-0.39, 0.29) is 30.7 Å². The van der Waals surface area contributed by atoms with Gasteiger partial charge in [0, 0.05) is 31.1 Å². The highest BCUT2D eigenvalue weighted by molar-refractivity contribution is 5.94. The molecule has 0 spiro atoms. The van der Waals surface area contributed by atoms with Crippen LogP contribution in [0.2, 0.25) is 0 Å². The van der Waals surface area contributed by atoms with Crippen LogP contribution >= 0.6 is 0 Å². The summed E-state index contributed by atoms with van der Waals surface area (Å²) in [4.78, 5) is 26.8. The summed E-state index contributed by atoms with van der Waals surface area (Å²) in [6.07, 6.45) is 0.289. The van der Waals surface area contributed by atoms with E-state index >= 15 is 0 Å². The Bertz CT molecular complexity index is 934. The number of nitrogens with zero attached hydrogens (tertiary/aromatic N) is 1. The van der Waals surface area contributed by atoms with Gasteiger partial charge in [-0.2, -0.15) is 0 Å². The van der Waals surface area contributed by atoms with Gasteiger partial charge in [0.25, 0.3) is 0 Å². The van der Waals surface area contributed by atoms with Crippen LogP contribution in [-0.2, 0) is 9.59 Å². The van der Waals surface area contributed by atoms with E-state index in [1.165, 1.54) is 4.90 Å². The number of ether oxygens (including phenoxy) is 1. The number of rotatable bonds is 8. The van der Waals surface area contributed by atoms with Gasteiger partial charge < -0.3 is 15.0 Å². The Balaban J connectivity index is 1.65. The highest BCUT2D eigenvalue weighted by atomic mass is 16.5. The topological polar surface area (TPSA) is 58.6 Å². The van der Waals surface area contributed by atoms with Crippen molar-refractivity contribution in [3.63, 3.8) is 0 Å². The first kappa shape index (κ1) is 21.1. The smallest absolute Gasteiger partial charge is 0.243 e. The second-order valence-corrected chi connectivity index (χ2v) is 7.11. The first-order valence-electron chi connectivity index (χ1n) is 9.84. The fourth-order valence-electron chi connectivity index (χ4n) is 3.33. The first-order valence-corrected chi connectivity index (χ1v) is 9.84. The van der Waals surface area contributed by atoms with E-state index in [9.17, 15) is 9.59 Å². The molecule has 3 rings (SSSR count). The lowest BCUT2D eigenvalue weighted by atomic mass is 9.88. The first-order chi connectivity index (χ1) is 14.6. The number of benzene rings is 3. The summed E-state index contributed by atoms with van der Waals surface area (Å²) in [5.74, 6) is 0.248. The van der Waals surface area contributed by atoms with Crippen molar-refractivity contribution in [3.8, 4) is 5.75 Å². The molecule has 3 aromatic carbocycles. The number of amides is 2. The van der Waals surface area contributed by atoms with Crippen molar-refractivity contribution in [1.29, 1.82) is 0 Å². The number of nitrogens with one attached hydrogen (secondary N) is 1. The van der Waals surface area contributed by atoms with Gasteiger partial charge in [-0.15, -0.1) is 0 Å². The van der Waals surface area contributed by atoms with E-state index in [1.807, 2.05) is 60.7 Å². The van der Waals surface area contributed by atoms with Crippen molar-refractivity contribution >= 4 is 17.5 Å². The average molecular weight is 402 g/mol. The zero-order valence-corrected chi connectivity index (χ0v) is 17.2. The molecule has 0 aromatic heterocycles. The second-order valence-electron chi connectivity index (χ2n) is 7.11. The molecule has 0 aliphatic carbocycles. The normalized spacial score (nSPS) is 10.5. The number of carbonyl (C=O) groups is 2. The Morgan fingerprint density at radius 2 is 1.50 bits per heavy atom. The van der Waals surface area contributed by atoms with Crippen molar-refractivity contribution < 1.29 is 14.3 Å². The second kappa shape index (κ2) is 10.3. The minimum atomic E-state index is -0.255. The molecule has 0 aliphatic heterocycles. The molecule has 1 N–H and O–H groups in total. The van der Waals surface area contributed by atoms with Crippen LogP contribution < -0.4 is 10.1 Å². The third-order valence-corrected chi connectivity index (χ3v) is 4.94. The van der Waals surface area contributed by atoms with Crippen molar-refractivity contribution in [2.75, 3.05) is 26.0 Å². The predicted octanol–water partition coefficient (Wildman–Crippen LogP) is 4.31. The Morgan fingerprint density at radius 3 is 2.07 bits per heavy atom. The van der Waals surface area contributed by atoms with Crippen LogP contribution in [0.1, 0.15) is 23.5 Å². The van der Waals surface area contributed by atoms with Gasteiger partial charge in [0.1, 0.15) is 5.75 Å². The molecule has 0 aliphatic rings. The molecule has 0 saturated carbocycles.